The minimum Gasteiger partial charge on any atom is -1.00 e. The molecule has 0 saturated heterocycles. The molecule has 0 aromatic carbocycles. The SMILES string of the molecule is CN=C(N)[N+](C)(C)C.Cl.N.[Cl-]. The Morgan fingerprint density at radius 2 is 1.55 bits per heavy atom. The Labute approximate surface area is 80.8 Å². The van der Waals surface area contributed by atoms with Crippen LogP contribution in [0.2, 0.25) is 0 Å². The van der Waals surface area contributed by atoms with Gasteiger partial charge in [-0.15, -0.1) is 12.4 Å². The molecule has 0 aliphatic rings. The molecular weight excluding hydrogens is 187 g/mol. The van der Waals surface area contributed by atoms with Crippen molar-refractivity contribution in [3.05, 3.63) is 0 Å². The van der Waals surface area contributed by atoms with Gasteiger partial charge in [-0.3, -0.25) is 4.48 Å². The van der Waals surface area contributed by atoms with Gasteiger partial charge in [0.15, 0.2) is 0 Å². The first-order valence-corrected chi connectivity index (χ1v) is 2.52. The molecule has 4 nitrogen and oxygen atoms in total. The third kappa shape index (κ3) is 9.97. The summed E-state index contributed by atoms with van der Waals surface area (Å²) in [4.78, 5) is 3.83. The first-order valence-electron chi connectivity index (χ1n) is 2.52. The van der Waals surface area contributed by atoms with Crippen molar-refractivity contribution in [2.24, 2.45) is 10.7 Å². The van der Waals surface area contributed by atoms with Crippen LogP contribution >= 0.6 is 12.4 Å². The van der Waals surface area contributed by atoms with E-state index in [2.05, 4.69) is 4.99 Å². The molecule has 0 spiro atoms. The fraction of sp³-hybridized carbons (Fsp3) is 0.800. The summed E-state index contributed by atoms with van der Waals surface area (Å²) in [6, 6.07) is 0. The topological polar surface area (TPSA) is 73.4 Å². The Kier molecular flexibility index (Phi) is 16.5. The van der Waals surface area contributed by atoms with E-state index in [1.807, 2.05) is 21.1 Å². The summed E-state index contributed by atoms with van der Waals surface area (Å²) in [5, 5.41) is 0. The van der Waals surface area contributed by atoms with Crippen molar-refractivity contribution in [3.8, 4) is 0 Å². The molecule has 0 unspecified atom stereocenters. The predicted octanol–water partition coefficient (Wildman–Crippen LogP) is -2.78. The third-order valence-electron chi connectivity index (χ3n) is 0.916. The smallest absolute Gasteiger partial charge is 0.294 e. The van der Waals surface area contributed by atoms with Crippen LogP contribution in [-0.4, -0.2) is 38.6 Å². The zero-order chi connectivity index (χ0) is 6.78. The zero-order valence-corrected chi connectivity index (χ0v) is 9.04. The maximum Gasteiger partial charge on any atom is 0.294 e. The number of halogens is 2. The van der Waals surface area contributed by atoms with Gasteiger partial charge in [0.25, 0.3) is 5.96 Å². The van der Waals surface area contributed by atoms with Gasteiger partial charge in [-0.05, 0) is 0 Å². The number of guanidine groups is 1. The van der Waals surface area contributed by atoms with Gasteiger partial charge in [-0.1, -0.05) is 0 Å². The van der Waals surface area contributed by atoms with E-state index in [9.17, 15) is 0 Å². The number of aliphatic imine (C=N–C) groups is 1. The van der Waals surface area contributed by atoms with E-state index in [0.29, 0.717) is 10.4 Å². The molecule has 11 heavy (non-hydrogen) atoms. The van der Waals surface area contributed by atoms with Crippen molar-refractivity contribution >= 4 is 18.4 Å². The molecule has 0 aromatic rings. The average Bonchev–Trinajstić information content (AvgIpc) is 1.62. The zero-order valence-electron chi connectivity index (χ0n) is 7.47. The van der Waals surface area contributed by atoms with Crippen LogP contribution in [0.1, 0.15) is 0 Å². The Morgan fingerprint density at radius 3 is 1.55 bits per heavy atom. The Balaban J connectivity index is -0.0000000817. The molecule has 0 radical (unpaired) electrons. The van der Waals surface area contributed by atoms with Crippen LogP contribution < -0.4 is 24.3 Å². The van der Waals surface area contributed by atoms with Crippen LogP contribution in [0.25, 0.3) is 0 Å². The molecule has 0 atom stereocenters. The van der Waals surface area contributed by atoms with Crippen molar-refractivity contribution < 1.29 is 16.9 Å². The quantitative estimate of drug-likeness (QED) is 0.255. The summed E-state index contributed by atoms with van der Waals surface area (Å²) >= 11 is 0. The minimum absolute atomic E-state index is 0. The molecule has 0 aliphatic carbocycles. The first kappa shape index (κ1) is 22.4. The predicted molar refractivity (Wildman–Crippen MR) is 47.8 cm³/mol. The van der Waals surface area contributed by atoms with E-state index in [4.69, 9.17) is 5.73 Å². The highest BCUT2D eigenvalue weighted by Crippen LogP contribution is 1.86. The fourth-order valence-corrected chi connectivity index (χ4v) is 0.300. The van der Waals surface area contributed by atoms with E-state index in [1.165, 1.54) is 0 Å². The molecule has 5 N–H and O–H groups in total. The number of rotatable bonds is 0. The highest BCUT2D eigenvalue weighted by molar-refractivity contribution is 5.85. The van der Waals surface area contributed by atoms with Gasteiger partial charge in [-0.25, -0.2) is 4.99 Å². The third-order valence-corrected chi connectivity index (χ3v) is 0.916. The lowest BCUT2D eigenvalue weighted by atomic mass is 10.7. The molecule has 0 aliphatic heterocycles. The molecular formula is C5H18Cl2N4. The van der Waals surface area contributed by atoms with Crippen molar-refractivity contribution in [1.82, 2.24) is 6.15 Å². The number of hydrogen-bond acceptors (Lipinski definition) is 2. The summed E-state index contributed by atoms with van der Waals surface area (Å²) in [6.45, 7) is 0. The normalized spacial score (nSPS) is 10.4. The largest absolute Gasteiger partial charge is 1.00 e. The van der Waals surface area contributed by atoms with Crippen molar-refractivity contribution in [1.29, 1.82) is 0 Å². The second-order valence-electron chi connectivity index (χ2n) is 2.59. The fourth-order valence-electron chi connectivity index (χ4n) is 0.300. The van der Waals surface area contributed by atoms with Gasteiger partial charge < -0.3 is 24.3 Å². The highest BCUT2D eigenvalue weighted by Gasteiger charge is 2.10. The van der Waals surface area contributed by atoms with Gasteiger partial charge in [0.2, 0.25) is 0 Å². The van der Waals surface area contributed by atoms with Crippen molar-refractivity contribution in [2.75, 3.05) is 28.2 Å². The minimum atomic E-state index is 0. The van der Waals surface area contributed by atoms with Gasteiger partial charge >= 0.3 is 0 Å². The Bertz CT molecular complexity index is 108. The van der Waals surface area contributed by atoms with Gasteiger partial charge in [0.05, 0.1) is 21.1 Å². The number of nitrogens with two attached hydrogens (primary N) is 1. The van der Waals surface area contributed by atoms with E-state index < -0.39 is 0 Å². The molecule has 0 amide bonds. The summed E-state index contributed by atoms with van der Waals surface area (Å²) in [7, 11) is 7.62. The van der Waals surface area contributed by atoms with Gasteiger partial charge in [-0.2, -0.15) is 0 Å². The van der Waals surface area contributed by atoms with Crippen LogP contribution in [0, 0.1) is 0 Å². The van der Waals surface area contributed by atoms with Crippen LogP contribution in [0.5, 0.6) is 0 Å². The standard InChI is InChI=1S/C5H14N3.2ClH.H3N/c1-7-5(6)8(2,3)4;;;/h1-4H3,(H2,6,7);2*1H;1H3/q+1;;;/p-1. The molecule has 72 valence electrons. The Hall–Kier alpha value is -0.0300. The summed E-state index contributed by atoms with van der Waals surface area (Å²) in [5.74, 6) is 0.644. The lowest BCUT2D eigenvalue weighted by Gasteiger charge is -2.20. The summed E-state index contributed by atoms with van der Waals surface area (Å²) in [6.07, 6.45) is 0. The lowest BCUT2D eigenvalue weighted by Crippen LogP contribution is -3.00. The van der Waals surface area contributed by atoms with Crippen LogP contribution in [0.15, 0.2) is 4.99 Å². The molecule has 0 heterocycles. The lowest BCUT2D eigenvalue weighted by molar-refractivity contribution is -0.778. The maximum absolute atomic E-state index is 5.47. The molecule has 0 bridgehead atoms. The molecule has 0 fully saturated rings. The second kappa shape index (κ2) is 8.07. The van der Waals surface area contributed by atoms with Crippen LogP contribution in [0.4, 0.5) is 0 Å². The highest BCUT2D eigenvalue weighted by atomic mass is 35.5. The first-order chi connectivity index (χ1) is 3.48. The van der Waals surface area contributed by atoms with E-state index in [0.717, 1.165) is 0 Å². The van der Waals surface area contributed by atoms with E-state index >= 15 is 0 Å². The molecule has 6 heteroatoms. The molecule has 0 aromatic heterocycles. The summed E-state index contributed by atoms with van der Waals surface area (Å²) < 4.78 is 0.608. The monoisotopic (exact) mass is 204 g/mol. The number of nitrogens with zero attached hydrogens (tertiary/aromatic N) is 2. The van der Waals surface area contributed by atoms with E-state index in [-0.39, 0.29) is 31.0 Å². The van der Waals surface area contributed by atoms with Gasteiger partial charge in [0.1, 0.15) is 0 Å². The summed E-state index contributed by atoms with van der Waals surface area (Å²) in [5.41, 5.74) is 5.47. The Morgan fingerprint density at radius 1 is 1.27 bits per heavy atom. The molecule has 0 saturated carbocycles. The van der Waals surface area contributed by atoms with Crippen LogP contribution in [-0.2, 0) is 0 Å². The van der Waals surface area contributed by atoms with Gasteiger partial charge in [0, 0.05) is 7.05 Å². The molecule has 0 rings (SSSR count). The number of quaternary nitrogens is 1. The van der Waals surface area contributed by atoms with Crippen molar-refractivity contribution in [3.63, 3.8) is 0 Å². The van der Waals surface area contributed by atoms with Crippen LogP contribution in [0.3, 0.4) is 0 Å². The van der Waals surface area contributed by atoms with Crippen molar-refractivity contribution in [2.45, 2.75) is 0 Å². The average molecular weight is 205 g/mol. The van der Waals surface area contributed by atoms with E-state index in [1.54, 1.807) is 7.05 Å². The maximum atomic E-state index is 5.47. The number of hydrogen-bond donors (Lipinski definition) is 2. The second-order valence-corrected chi connectivity index (χ2v) is 2.59.